The Morgan fingerprint density at radius 1 is 0.938 bits per heavy atom. The van der Waals surface area contributed by atoms with Gasteiger partial charge in [0.15, 0.2) is 0 Å². The Morgan fingerprint density at radius 2 is 1.75 bits per heavy atom. The van der Waals surface area contributed by atoms with Crippen LogP contribution in [-0.2, 0) is 34.5 Å². The van der Waals surface area contributed by atoms with Gasteiger partial charge >= 0.3 is 0 Å². The number of rotatable bonds is 6. The third-order valence-corrected chi connectivity index (χ3v) is 13.3. The van der Waals surface area contributed by atoms with Crippen LogP contribution in [0.25, 0.3) is 22.3 Å². The lowest BCUT2D eigenvalue weighted by atomic mass is 9.89. The number of halogens is 2. The SMILES string of the molecule is Cc1cc2cc(n1)-c1cnn(C)c1OCCC[C@@H](C)Cn1c(nc3ccc(CN(C)[C@H]4CCCN(C(=O)[C@@H]5CCN(c6cc(F)c([C@H]7CCC(=O)NC7=O)c(F)c6)C5)C4)cc31)NC2=O. The first-order valence-corrected chi connectivity index (χ1v) is 22.3. The summed E-state index contributed by atoms with van der Waals surface area (Å²) >= 11 is 0. The van der Waals surface area contributed by atoms with Gasteiger partial charge in [-0.3, -0.25) is 39.7 Å². The smallest absolute Gasteiger partial charge is 0.258 e. The van der Waals surface area contributed by atoms with Crippen LogP contribution in [0.5, 0.6) is 5.88 Å². The van der Waals surface area contributed by atoms with Gasteiger partial charge in [-0.1, -0.05) is 13.0 Å². The van der Waals surface area contributed by atoms with E-state index in [1.165, 1.54) is 12.1 Å². The van der Waals surface area contributed by atoms with Crippen LogP contribution in [0.3, 0.4) is 0 Å². The predicted octanol–water partition coefficient (Wildman–Crippen LogP) is 5.95. The molecule has 4 amide bonds. The second-order valence-electron chi connectivity index (χ2n) is 18.0. The Balaban J connectivity index is 0.874. The fourth-order valence-corrected chi connectivity index (χ4v) is 9.88. The third kappa shape index (κ3) is 8.69. The molecule has 3 fully saturated rings. The topological polar surface area (TPSA) is 160 Å². The highest BCUT2D eigenvalue weighted by atomic mass is 19.1. The van der Waals surface area contributed by atoms with E-state index in [0.29, 0.717) is 86.8 Å². The number of pyridine rings is 1. The molecule has 2 aromatic carbocycles. The quantitative estimate of drug-likeness (QED) is 0.195. The minimum Gasteiger partial charge on any atom is -0.477 e. The molecule has 9 rings (SSSR count). The van der Waals surface area contributed by atoms with Crippen LogP contribution in [0.15, 0.2) is 48.7 Å². The summed E-state index contributed by atoms with van der Waals surface area (Å²) in [7, 11) is 3.92. The first-order chi connectivity index (χ1) is 30.8. The Morgan fingerprint density at radius 3 is 2.55 bits per heavy atom. The number of imide groups is 1. The molecule has 4 atom stereocenters. The standard InChI is InChI=1S/C47H54F2N10O5/c1-27-7-6-16-64-46-35(22-50-56(46)4)39-19-31(17-28(2)51-39)43(61)54-47-52-38-11-9-29(18-40(38)59(47)23-27)24-55(3)32-8-5-14-58(26-32)45(63)30-13-15-57(25-30)33-20-36(48)42(37(49)21-33)34-10-12-41(60)53-44(34)62/h9,11,17-22,27,30,32,34H,5-8,10,12-16,23-26H2,1-4H3,(H,52,54,61)(H,53,60,62)/t27-,30-,32+,34-/m1/s1. The van der Waals surface area contributed by atoms with Crippen molar-refractivity contribution in [2.45, 2.75) is 83.8 Å². The van der Waals surface area contributed by atoms with Gasteiger partial charge in [0.25, 0.3) is 5.91 Å². The minimum atomic E-state index is -1.07. The highest BCUT2D eigenvalue weighted by Crippen LogP contribution is 2.35. The molecule has 0 radical (unpaired) electrons. The maximum absolute atomic E-state index is 15.4. The zero-order chi connectivity index (χ0) is 44.8. The maximum Gasteiger partial charge on any atom is 0.258 e. The van der Waals surface area contributed by atoms with Crippen LogP contribution in [0.1, 0.15) is 85.0 Å². The van der Waals surface area contributed by atoms with E-state index in [0.717, 1.165) is 47.8 Å². The number of carbonyl (C=O) groups is 4. The number of imidazole rings is 1. The van der Waals surface area contributed by atoms with E-state index in [1.54, 1.807) is 23.0 Å². The second-order valence-corrected chi connectivity index (χ2v) is 18.0. The van der Waals surface area contributed by atoms with Crippen molar-refractivity contribution in [2.24, 2.45) is 18.9 Å². The number of amides is 4. The minimum absolute atomic E-state index is 0.0200. The molecule has 3 saturated heterocycles. The molecule has 0 saturated carbocycles. The molecule has 3 aromatic heterocycles. The van der Waals surface area contributed by atoms with Gasteiger partial charge in [-0.15, -0.1) is 0 Å². The van der Waals surface area contributed by atoms with E-state index >= 15 is 8.78 Å². The molecule has 4 aliphatic heterocycles. The van der Waals surface area contributed by atoms with Crippen LogP contribution < -0.4 is 20.3 Å². The van der Waals surface area contributed by atoms with Crippen molar-refractivity contribution in [1.29, 1.82) is 0 Å². The predicted molar refractivity (Wildman–Crippen MR) is 236 cm³/mol. The summed E-state index contributed by atoms with van der Waals surface area (Å²) in [5, 5.41) is 9.69. The molecule has 64 heavy (non-hydrogen) atoms. The summed E-state index contributed by atoms with van der Waals surface area (Å²) < 4.78 is 40.8. The highest BCUT2D eigenvalue weighted by molar-refractivity contribution is 6.05. The fraction of sp³-hybridized carbons (Fsp3) is 0.468. The molecule has 2 N–H and O–H groups in total. The van der Waals surface area contributed by atoms with E-state index in [2.05, 4.69) is 51.3 Å². The number of ether oxygens (including phenoxy) is 1. The number of carbonyl (C=O) groups excluding carboxylic acids is 4. The molecule has 7 heterocycles. The van der Waals surface area contributed by atoms with Gasteiger partial charge in [-0.25, -0.2) is 18.4 Å². The van der Waals surface area contributed by atoms with Gasteiger partial charge in [-0.2, -0.15) is 5.10 Å². The van der Waals surface area contributed by atoms with E-state index < -0.39 is 29.4 Å². The molecule has 2 bridgehead atoms. The normalized spacial score (nSPS) is 22.1. The van der Waals surface area contributed by atoms with Gasteiger partial charge in [0.1, 0.15) is 11.6 Å². The number of aryl methyl sites for hydroxylation is 2. The molecule has 15 nitrogen and oxygen atoms in total. The Labute approximate surface area is 370 Å². The number of anilines is 2. The zero-order valence-corrected chi connectivity index (χ0v) is 36.7. The van der Waals surface area contributed by atoms with E-state index in [9.17, 15) is 19.2 Å². The number of nitrogens with zero attached hydrogens (tertiary/aromatic N) is 8. The average Bonchev–Trinajstić information content (AvgIpc) is 3.99. The van der Waals surface area contributed by atoms with Crippen LogP contribution in [0.2, 0.25) is 0 Å². The Bertz CT molecular complexity index is 2620. The monoisotopic (exact) mass is 876 g/mol. The van der Waals surface area contributed by atoms with Crippen LogP contribution in [0.4, 0.5) is 20.4 Å². The number of likely N-dealkylation sites (N-methyl/N-ethyl adjacent to an activating group) is 1. The number of fused-ring (bicyclic) bond motifs is 7. The Kier molecular flexibility index (Phi) is 11.9. The van der Waals surface area contributed by atoms with E-state index in [1.807, 2.05) is 29.8 Å². The van der Waals surface area contributed by atoms with Gasteiger partial charge in [0, 0.05) is 81.3 Å². The first kappa shape index (κ1) is 43.0. The lowest BCUT2D eigenvalue weighted by Crippen LogP contribution is -2.50. The van der Waals surface area contributed by atoms with Gasteiger partial charge in [0.2, 0.25) is 29.5 Å². The van der Waals surface area contributed by atoms with Crippen molar-refractivity contribution >= 4 is 46.3 Å². The summed E-state index contributed by atoms with van der Waals surface area (Å²) in [4.78, 5) is 67.5. The summed E-state index contributed by atoms with van der Waals surface area (Å²) in [5.41, 5.74) is 5.27. The summed E-state index contributed by atoms with van der Waals surface area (Å²) in [6.45, 7) is 7.87. The number of aromatic nitrogens is 5. The molecule has 0 aliphatic carbocycles. The number of likely N-dealkylation sites (tertiary alicyclic amines) is 1. The van der Waals surface area contributed by atoms with Gasteiger partial charge in [-0.05, 0) is 100 Å². The fourth-order valence-electron chi connectivity index (χ4n) is 9.88. The highest BCUT2D eigenvalue weighted by Gasteiger charge is 2.37. The van der Waals surface area contributed by atoms with Crippen molar-refractivity contribution in [1.82, 2.24) is 39.4 Å². The van der Waals surface area contributed by atoms with Gasteiger partial charge < -0.3 is 19.1 Å². The van der Waals surface area contributed by atoms with Crippen LogP contribution >= 0.6 is 0 Å². The Hall–Kier alpha value is -6.23. The molecule has 5 aromatic rings. The van der Waals surface area contributed by atoms with Crippen molar-refractivity contribution in [3.63, 3.8) is 0 Å². The first-order valence-electron chi connectivity index (χ1n) is 22.3. The maximum atomic E-state index is 15.4. The zero-order valence-electron chi connectivity index (χ0n) is 36.7. The number of benzene rings is 2. The molecular formula is C47H54F2N10O5. The third-order valence-electron chi connectivity index (χ3n) is 13.3. The summed E-state index contributed by atoms with van der Waals surface area (Å²) in [5.74, 6) is -3.10. The molecule has 0 unspecified atom stereocenters. The largest absolute Gasteiger partial charge is 0.477 e. The number of hydrogen-bond acceptors (Lipinski definition) is 10. The second kappa shape index (κ2) is 17.7. The van der Waals surface area contributed by atoms with Crippen LogP contribution in [0, 0.1) is 30.4 Å². The number of nitrogens with one attached hydrogen (secondary N) is 2. The summed E-state index contributed by atoms with van der Waals surface area (Å²) in [6, 6.07) is 12.3. The van der Waals surface area contributed by atoms with Crippen molar-refractivity contribution in [2.75, 3.05) is 50.1 Å². The van der Waals surface area contributed by atoms with Crippen molar-refractivity contribution in [3.05, 3.63) is 82.7 Å². The average molecular weight is 877 g/mol. The summed E-state index contributed by atoms with van der Waals surface area (Å²) in [6.07, 6.45) is 5.85. The molecule has 336 valence electrons. The van der Waals surface area contributed by atoms with Crippen molar-refractivity contribution in [3.8, 4) is 17.1 Å². The molecular weight excluding hydrogens is 823 g/mol. The lowest BCUT2D eigenvalue weighted by Gasteiger charge is -2.38. The lowest BCUT2D eigenvalue weighted by molar-refractivity contribution is -0.137. The molecule has 17 heteroatoms. The molecule has 4 aliphatic rings. The number of hydrogen-bond donors (Lipinski definition) is 2. The van der Waals surface area contributed by atoms with E-state index in [4.69, 9.17) is 14.7 Å². The number of piperidine rings is 2. The van der Waals surface area contributed by atoms with E-state index in [-0.39, 0.29) is 48.1 Å². The van der Waals surface area contributed by atoms with Crippen molar-refractivity contribution < 1.29 is 32.7 Å². The molecule has 0 spiro atoms. The van der Waals surface area contributed by atoms with Crippen LogP contribution in [-0.4, -0.2) is 104 Å². The van der Waals surface area contributed by atoms with Gasteiger partial charge in [0.05, 0.1) is 46.9 Å².